The van der Waals surface area contributed by atoms with Gasteiger partial charge in [0.1, 0.15) is 17.2 Å². The molecular weight excluding hydrogens is 458 g/mol. The highest BCUT2D eigenvalue weighted by Gasteiger charge is 2.74. The van der Waals surface area contributed by atoms with Gasteiger partial charge in [-0.15, -0.1) is 18.8 Å². The van der Waals surface area contributed by atoms with Crippen molar-refractivity contribution < 1.29 is 24.1 Å². The first-order chi connectivity index (χ1) is 17.5. The average Bonchev–Trinajstić information content (AvgIpc) is 3.31. The van der Waals surface area contributed by atoms with Crippen LogP contribution in [0.25, 0.3) is 17.2 Å². The van der Waals surface area contributed by atoms with E-state index in [-0.39, 0.29) is 32.2 Å². The average molecular weight is 489 g/mol. The van der Waals surface area contributed by atoms with Gasteiger partial charge in [-0.25, -0.2) is 0 Å². The first-order valence-electron chi connectivity index (χ1n) is 12.0. The number of hydrogen-bond acceptors (Lipinski definition) is 5. The fourth-order valence-electron chi connectivity index (χ4n) is 5.79. The van der Waals surface area contributed by atoms with Gasteiger partial charge in [-0.2, -0.15) is 0 Å². The highest BCUT2D eigenvalue weighted by atomic mass is 16.6. The molecule has 8 nitrogen and oxygen atoms in total. The molecule has 1 fully saturated rings. The molecule has 0 spiro atoms. The van der Waals surface area contributed by atoms with Gasteiger partial charge in [0.2, 0.25) is 0 Å². The summed E-state index contributed by atoms with van der Waals surface area (Å²) in [5, 5.41) is 12.8. The van der Waals surface area contributed by atoms with E-state index in [2.05, 4.69) is 0 Å². The van der Waals surface area contributed by atoms with Crippen molar-refractivity contribution in [1.82, 2.24) is 0 Å². The monoisotopic (exact) mass is 488 g/mol. The summed E-state index contributed by atoms with van der Waals surface area (Å²) in [5.41, 5.74) is 22.7. The third kappa shape index (κ3) is 3.60. The van der Waals surface area contributed by atoms with Crippen molar-refractivity contribution >= 4 is 5.69 Å². The highest BCUT2D eigenvalue weighted by molar-refractivity contribution is 5.63. The van der Waals surface area contributed by atoms with Gasteiger partial charge in [0, 0.05) is 25.2 Å². The summed E-state index contributed by atoms with van der Waals surface area (Å²) in [4.78, 5) is 0. The van der Waals surface area contributed by atoms with Crippen molar-refractivity contribution in [2.75, 3.05) is 33.4 Å². The molecule has 1 aliphatic carbocycles. The second-order valence-corrected chi connectivity index (χ2v) is 9.10. The number of hydrogen-bond donors (Lipinski definition) is 1. The lowest BCUT2D eigenvalue weighted by molar-refractivity contribution is -0.158. The topological polar surface area (TPSA) is 129 Å². The van der Waals surface area contributed by atoms with Crippen molar-refractivity contribution in [2.45, 2.75) is 29.6 Å². The molecule has 2 aliphatic rings. The second-order valence-electron chi connectivity index (χ2n) is 9.10. The summed E-state index contributed by atoms with van der Waals surface area (Å²) in [5.74, 6) is 0.972. The lowest BCUT2D eigenvalue weighted by atomic mass is 9.71. The van der Waals surface area contributed by atoms with Crippen LogP contribution in [0, 0.1) is 0 Å². The second kappa shape index (κ2) is 9.63. The number of fused-ring (bicyclic) bond motifs is 3. The summed E-state index contributed by atoms with van der Waals surface area (Å²) < 4.78 is 24.5. The van der Waals surface area contributed by atoms with E-state index in [9.17, 15) is 5.11 Å². The van der Waals surface area contributed by atoms with E-state index < -0.39 is 17.3 Å². The maximum Gasteiger partial charge on any atom is 0.176 e. The Morgan fingerprint density at radius 1 is 0.972 bits per heavy atom. The summed E-state index contributed by atoms with van der Waals surface area (Å²) in [6.45, 7) is 0.466. The Bertz CT molecular complexity index is 1210. The van der Waals surface area contributed by atoms with Crippen molar-refractivity contribution in [3.63, 3.8) is 0 Å². The lowest BCUT2D eigenvalue weighted by Gasteiger charge is -2.41. The quantitative estimate of drug-likeness (QED) is 0.400. The standard InChI is InChI=1S/C28H30N3O5/c1-33-25-17-22(18-5-3-2-4-6-18)28(19-7-9-20(31)10-8-19)27(25,32)26-23(35-14-12-30)15-21(34-13-11-29)16-24(26)36-28/h2-10,15-16,22,25,29-32H,11-14,17H2,1H3/q-3/t22-,25+,27+,28-/m0/s1. The number of ether oxygens (including phenoxy) is 4. The van der Waals surface area contributed by atoms with Gasteiger partial charge in [0.05, 0.1) is 24.9 Å². The van der Waals surface area contributed by atoms with Gasteiger partial charge in [-0.3, -0.25) is 0 Å². The normalized spacial score (nSPS) is 26.2. The molecule has 4 atom stereocenters. The summed E-state index contributed by atoms with van der Waals surface area (Å²) in [6, 6.07) is 20.4. The number of aliphatic hydroxyl groups is 1. The predicted molar refractivity (Wildman–Crippen MR) is 137 cm³/mol. The van der Waals surface area contributed by atoms with Crippen LogP contribution in [0.5, 0.6) is 17.2 Å². The van der Waals surface area contributed by atoms with Crippen LogP contribution in [0.1, 0.15) is 29.0 Å². The van der Waals surface area contributed by atoms with E-state index in [0.717, 1.165) is 11.1 Å². The van der Waals surface area contributed by atoms with Crippen LogP contribution in [-0.2, 0) is 15.9 Å². The van der Waals surface area contributed by atoms with E-state index in [1.165, 1.54) is 0 Å². The van der Waals surface area contributed by atoms with Gasteiger partial charge < -0.3 is 41.3 Å². The minimum Gasteiger partial charge on any atom is -0.699 e. The molecule has 3 aromatic carbocycles. The number of methoxy groups -OCH3 is 1. The molecular formula is C28H30N3O5-3. The molecule has 36 heavy (non-hydrogen) atoms. The molecule has 0 amide bonds. The van der Waals surface area contributed by atoms with Gasteiger partial charge in [-0.05, 0) is 17.5 Å². The Morgan fingerprint density at radius 2 is 1.67 bits per heavy atom. The molecule has 1 saturated carbocycles. The van der Waals surface area contributed by atoms with Gasteiger partial charge in [0.15, 0.2) is 11.2 Å². The van der Waals surface area contributed by atoms with E-state index >= 15 is 0 Å². The third-order valence-corrected chi connectivity index (χ3v) is 7.19. The van der Waals surface area contributed by atoms with Gasteiger partial charge in [-0.1, -0.05) is 54.6 Å². The molecule has 8 heteroatoms. The maximum absolute atomic E-state index is 12.8. The van der Waals surface area contributed by atoms with Crippen LogP contribution in [0.4, 0.5) is 5.69 Å². The van der Waals surface area contributed by atoms with E-state index in [4.69, 9.17) is 36.1 Å². The molecule has 1 aliphatic heterocycles. The Labute approximate surface area is 210 Å². The van der Waals surface area contributed by atoms with E-state index in [1.54, 1.807) is 31.4 Å². The summed E-state index contributed by atoms with van der Waals surface area (Å²) in [6.07, 6.45) is -0.133. The number of nitrogens with one attached hydrogen (secondary N) is 3. The molecule has 190 valence electrons. The zero-order valence-electron chi connectivity index (χ0n) is 20.1. The summed E-state index contributed by atoms with van der Waals surface area (Å²) in [7, 11) is 1.59. The lowest BCUT2D eigenvalue weighted by Crippen LogP contribution is -2.52. The fourth-order valence-corrected chi connectivity index (χ4v) is 5.79. The SMILES string of the molecule is CO[C@@H]1C[C@@H](c2ccccc2)[C@]2(c3ccc([NH-])cc3)Oc3cc(OCC[NH-])cc(OCC[NH-])c3[C@]12O. The molecule has 3 aromatic rings. The third-order valence-electron chi connectivity index (χ3n) is 7.19. The van der Waals surface area contributed by atoms with E-state index in [1.807, 2.05) is 42.5 Å². The maximum atomic E-state index is 12.8. The molecule has 0 radical (unpaired) electrons. The minimum absolute atomic E-state index is 0.0440. The smallest absolute Gasteiger partial charge is 0.176 e. The Kier molecular flexibility index (Phi) is 6.53. The molecule has 4 N–H and O–H groups in total. The molecule has 0 unspecified atom stereocenters. The Morgan fingerprint density at radius 3 is 2.33 bits per heavy atom. The van der Waals surface area contributed by atoms with Gasteiger partial charge in [0.25, 0.3) is 0 Å². The molecule has 1 heterocycles. The van der Waals surface area contributed by atoms with Crippen LogP contribution < -0.4 is 14.2 Å². The first-order valence-corrected chi connectivity index (χ1v) is 12.0. The Hall–Kier alpha value is -3.30. The van der Waals surface area contributed by atoms with Crippen LogP contribution in [0.3, 0.4) is 0 Å². The molecule has 0 saturated heterocycles. The highest BCUT2D eigenvalue weighted by Crippen LogP contribution is 2.69. The Balaban J connectivity index is 1.77. The van der Waals surface area contributed by atoms with Crippen molar-refractivity contribution in [3.8, 4) is 17.2 Å². The van der Waals surface area contributed by atoms with Crippen molar-refractivity contribution in [2.24, 2.45) is 0 Å². The molecule has 0 bridgehead atoms. The number of benzene rings is 3. The van der Waals surface area contributed by atoms with Crippen LogP contribution in [0.2, 0.25) is 0 Å². The van der Waals surface area contributed by atoms with Crippen LogP contribution in [0.15, 0.2) is 66.7 Å². The van der Waals surface area contributed by atoms with Gasteiger partial charge >= 0.3 is 0 Å². The molecule has 0 aromatic heterocycles. The van der Waals surface area contributed by atoms with Crippen molar-refractivity contribution in [1.29, 1.82) is 0 Å². The zero-order valence-corrected chi connectivity index (χ0v) is 20.1. The minimum atomic E-state index is -1.63. The fraction of sp³-hybridized carbons (Fsp3) is 0.357. The summed E-state index contributed by atoms with van der Waals surface area (Å²) >= 11 is 0. The number of rotatable bonds is 9. The molecule has 5 rings (SSSR count). The zero-order chi connectivity index (χ0) is 25.3. The van der Waals surface area contributed by atoms with E-state index in [0.29, 0.717) is 34.9 Å². The van der Waals surface area contributed by atoms with Crippen molar-refractivity contribution in [3.05, 3.63) is 101 Å². The first kappa shape index (κ1) is 24.4. The van der Waals surface area contributed by atoms with Crippen LogP contribution >= 0.6 is 0 Å². The largest absolute Gasteiger partial charge is 0.699 e. The predicted octanol–water partition coefficient (Wildman–Crippen LogP) is 5.91. The van der Waals surface area contributed by atoms with Crippen LogP contribution in [-0.4, -0.2) is 44.6 Å².